The molecule has 0 fully saturated rings. The first-order chi connectivity index (χ1) is 6.02. The second-order valence-corrected chi connectivity index (χ2v) is 2.71. The van der Waals surface area contributed by atoms with Crippen LogP contribution in [0, 0.1) is 0 Å². The lowest BCUT2D eigenvalue weighted by Crippen LogP contribution is -2.12. The van der Waals surface area contributed by atoms with Crippen molar-refractivity contribution in [3.63, 3.8) is 0 Å². The van der Waals surface area contributed by atoms with E-state index in [0.717, 1.165) is 6.07 Å². The number of ketones is 1. The minimum atomic E-state index is -1.60. The molecule has 0 amide bonds. The number of carboxylic acids is 1. The first kappa shape index (κ1) is 9.54. The number of halogens is 1. The van der Waals surface area contributed by atoms with Gasteiger partial charge in [0.25, 0.3) is 5.78 Å². The van der Waals surface area contributed by atoms with Crippen molar-refractivity contribution in [2.24, 2.45) is 0 Å². The van der Waals surface area contributed by atoms with Gasteiger partial charge in [0.2, 0.25) is 0 Å². The van der Waals surface area contributed by atoms with Gasteiger partial charge in [0, 0.05) is 0 Å². The van der Waals surface area contributed by atoms with Gasteiger partial charge in [-0.3, -0.25) is 4.79 Å². The Kier molecular flexibility index (Phi) is 2.53. The molecule has 0 aliphatic carbocycles. The van der Waals surface area contributed by atoms with E-state index in [2.05, 4.69) is 0 Å². The van der Waals surface area contributed by atoms with E-state index in [1.807, 2.05) is 0 Å². The molecule has 0 saturated carbocycles. The molecule has 1 rings (SSSR count). The fourth-order valence-corrected chi connectivity index (χ4v) is 1.01. The Labute approximate surface area is 78.4 Å². The van der Waals surface area contributed by atoms with E-state index in [0.29, 0.717) is 0 Å². The molecule has 0 aliphatic heterocycles. The second-order valence-electron chi connectivity index (χ2n) is 2.30. The molecule has 1 aromatic carbocycles. The van der Waals surface area contributed by atoms with Gasteiger partial charge in [-0.25, -0.2) is 4.79 Å². The maximum atomic E-state index is 10.9. The summed E-state index contributed by atoms with van der Waals surface area (Å²) in [5, 5.41) is 17.3. The zero-order valence-electron chi connectivity index (χ0n) is 6.32. The van der Waals surface area contributed by atoms with Crippen LogP contribution < -0.4 is 0 Å². The average Bonchev–Trinajstić information content (AvgIpc) is 2.08. The van der Waals surface area contributed by atoms with E-state index in [4.69, 9.17) is 21.8 Å². The van der Waals surface area contributed by atoms with Crippen molar-refractivity contribution in [2.45, 2.75) is 0 Å². The predicted molar refractivity (Wildman–Crippen MR) is 45.1 cm³/mol. The quantitative estimate of drug-likeness (QED) is 0.558. The summed E-state index contributed by atoms with van der Waals surface area (Å²) in [5.41, 5.74) is -0.214. The molecule has 0 radical (unpaired) electrons. The van der Waals surface area contributed by atoms with Crippen molar-refractivity contribution in [3.05, 3.63) is 28.8 Å². The van der Waals surface area contributed by atoms with E-state index < -0.39 is 11.8 Å². The van der Waals surface area contributed by atoms with Crippen LogP contribution in [-0.4, -0.2) is 22.0 Å². The van der Waals surface area contributed by atoms with Gasteiger partial charge < -0.3 is 10.2 Å². The van der Waals surface area contributed by atoms with Crippen LogP contribution in [0.1, 0.15) is 10.4 Å². The molecule has 1 aromatic rings. The van der Waals surface area contributed by atoms with E-state index in [9.17, 15) is 9.59 Å². The van der Waals surface area contributed by atoms with Crippen LogP contribution in [0.5, 0.6) is 5.75 Å². The fraction of sp³-hybridized carbons (Fsp3) is 0. The smallest absolute Gasteiger partial charge is 0.377 e. The summed E-state index contributed by atoms with van der Waals surface area (Å²) in [7, 11) is 0. The molecule has 13 heavy (non-hydrogen) atoms. The molecule has 0 bridgehead atoms. The van der Waals surface area contributed by atoms with Gasteiger partial charge in [-0.15, -0.1) is 0 Å². The highest BCUT2D eigenvalue weighted by atomic mass is 35.5. The summed E-state index contributed by atoms with van der Waals surface area (Å²) >= 11 is 5.54. The Bertz CT molecular complexity index is 372. The first-order valence-electron chi connectivity index (χ1n) is 3.28. The van der Waals surface area contributed by atoms with Gasteiger partial charge in [0.1, 0.15) is 5.75 Å². The standard InChI is InChI=1S/C8H5ClO4/c9-6-2-1-4(10)3-5(6)7(11)8(12)13/h1-3,10H,(H,12,13). The van der Waals surface area contributed by atoms with Crippen LogP contribution in [-0.2, 0) is 4.79 Å². The average molecular weight is 201 g/mol. The molecule has 5 heteroatoms. The topological polar surface area (TPSA) is 74.6 Å². The summed E-state index contributed by atoms with van der Waals surface area (Å²) in [6, 6.07) is 3.53. The van der Waals surface area contributed by atoms with Crippen molar-refractivity contribution >= 4 is 23.4 Å². The number of hydrogen-bond acceptors (Lipinski definition) is 3. The highest BCUT2D eigenvalue weighted by Gasteiger charge is 2.17. The molecular weight excluding hydrogens is 196 g/mol. The van der Waals surface area contributed by atoms with Crippen LogP contribution >= 0.6 is 11.6 Å². The predicted octanol–water partition coefficient (Wildman–Crippen LogP) is 1.31. The molecule has 0 aromatic heterocycles. The normalized spacial score (nSPS) is 9.62. The van der Waals surface area contributed by atoms with E-state index in [1.165, 1.54) is 12.1 Å². The molecule has 0 atom stereocenters. The van der Waals surface area contributed by atoms with Gasteiger partial charge in [0.05, 0.1) is 10.6 Å². The van der Waals surface area contributed by atoms with Gasteiger partial charge in [-0.05, 0) is 18.2 Å². The monoisotopic (exact) mass is 200 g/mol. The van der Waals surface area contributed by atoms with Crippen LogP contribution in [0.2, 0.25) is 5.02 Å². The summed E-state index contributed by atoms with van der Waals surface area (Å²) in [6.45, 7) is 0. The number of Topliss-reactive ketones (excluding diaryl/α,β-unsaturated/α-hetero) is 1. The molecule has 2 N–H and O–H groups in total. The number of carbonyl (C=O) groups excluding carboxylic acids is 1. The molecule has 0 aliphatic rings. The third-order valence-electron chi connectivity index (χ3n) is 1.39. The van der Waals surface area contributed by atoms with Crippen molar-refractivity contribution < 1.29 is 19.8 Å². The zero-order valence-corrected chi connectivity index (χ0v) is 7.08. The van der Waals surface area contributed by atoms with Crippen molar-refractivity contribution in [2.75, 3.05) is 0 Å². The van der Waals surface area contributed by atoms with Gasteiger partial charge >= 0.3 is 5.97 Å². The van der Waals surface area contributed by atoms with E-state index in [1.54, 1.807) is 0 Å². The molecule has 4 nitrogen and oxygen atoms in total. The highest BCUT2D eigenvalue weighted by molar-refractivity contribution is 6.45. The number of phenolic OH excluding ortho intramolecular Hbond substituents is 1. The maximum Gasteiger partial charge on any atom is 0.377 e. The largest absolute Gasteiger partial charge is 0.508 e. The minimum Gasteiger partial charge on any atom is -0.508 e. The van der Waals surface area contributed by atoms with Crippen LogP contribution in [0.4, 0.5) is 0 Å². The molecule has 0 heterocycles. The Hall–Kier alpha value is -1.55. The van der Waals surface area contributed by atoms with Crippen LogP contribution in [0.25, 0.3) is 0 Å². The summed E-state index contributed by atoms with van der Waals surface area (Å²) in [6.07, 6.45) is 0. The fourth-order valence-electron chi connectivity index (χ4n) is 0.802. The van der Waals surface area contributed by atoms with Crippen LogP contribution in [0.3, 0.4) is 0 Å². The van der Waals surface area contributed by atoms with Crippen LogP contribution in [0.15, 0.2) is 18.2 Å². The number of carbonyl (C=O) groups is 2. The van der Waals surface area contributed by atoms with Gasteiger partial charge in [-0.1, -0.05) is 11.6 Å². The Balaban J connectivity index is 3.21. The Morgan fingerprint density at radius 3 is 2.46 bits per heavy atom. The lowest BCUT2D eigenvalue weighted by Gasteiger charge is -1.99. The van der Waals surface area contributed by atoms with E-state index in [-0.39, 0.29) is 16.3 Å². The van der Waals surface area contributed by atoms with Gasteiger partial charge in [0.15, 0.2) is 0 Å². The number of carboxylic acid groups (broad SMARTS) is 1. The SMILES string of the molecule is O=C(O)C(=O)c1cc(O)ccc1Cl. The number of phenols is 1. The minimum absolute atomic E-state index is 0.00481. The first-order valence-corrected chi connectivity index (χ1v) is 3.66. The Morgan fingerprint density at radius 2 is 1.92 bits per heavy atom. The lowest BCUT2D eigenvalue weighted by atomic mass is 10.1. The molecule has 0 spiro atoms. The van der Waals surface area contributed by atoms with Gasteiger partial charge in [-0.2, -0.15) is 0 Å². The highest BCUT2D eigenvalue weighted by Crippen LogP contribution is 2.21. The third kappa shape index (κ3) is 1.97. The zero-order chi connectivity index (χ0) is 10.0. The lowest BCUT2D eigenvalue weighted by molar-refractivity contribution is -0.131. The number of aliphatic carboxylic acids is 1. The number of hydrogen-bond donors (Lipinski definition) is 2. The second kappa shape index (κ2) is 3.45. The molecular formula is C8H5ClO4. The van der Waals surface area contributed by atoms with Crippen molar-refractivity contribution in [1.29, 1.82) is 0 Å². The summed E-state index contributed by atoms with van der Waals surface area (Å²) in [5.74, 6) is -2.94. The van der Waals surface area contributed by atoms with Crippen molar-refractivity contribution in [1.82, 2.24) is 0 Å². The third-order valence-corrected chi connectivity index (χ3v) is 1.72. The summed E-state index contributed by atoms with van der Waals surface area (Å²) < 4.78 is 0. The number of aromatic hydroxyl groups is 1. The number of rotatable bonds is 2. The molecule has 0 saturated heterocycles. The van der Waals surface area contributed by atoms with Crippen molar-refractivity contribution in [3.8, 4) is 5.75 Å². The molecule has 68 valence electrons. The molecule has 0 unspecified atom stereocenters. The summed E-state index contributed by atoms with van der Waals surface area (Å²) in [4.78, 5) is 21.2. The Morgan fingerprint density at radius 1 is 1.31 bits per heavy atom. The maximum absolute atomic E-state index is 10.9. The number of benzene rings is 1. The van der Waals surface area contributed by atoms with E-state index >= 15 is 0 Å².